The fourth-order valence-electron chi connectivity index (χ4n) is 1.73. The highest BCUT2D eigenvalue weighted by atomic mass is 16.8. The maximum Gasteiger partial charge on any atom is 0.788 e. The van der Waals surface area contributed by atoms with Gasteiger partial charge in [-0.1, -0.05) is 26.8 Å². The molecule has 0 amide bonds. The molecule has 1 aromatic carbocycles. The molecular weight excluding hydrogens is 229 g/mol. The van der Waals surface area contributed by atoms with Crippen molar-refractivity contribution in [2.24, 2.45) is 5.73 Å². The lowest BCUT2D eigenvalue weighted by molar-refractivity contribution is 0.220. The van der Waals surface area contributed by atoms with Gasteiger partial charge in [0.05, 0.1) is 0 Å². The Morgan fingerprint density at radius 2 is 1.94 bits per heavy atom. The van der Waals surface area contributed by atoms with Crippen molar-refractivity contribution in [1.82, 2.24) is 0 Å². The molecule has 2 rings (SSSR count). The summed E-state index contributed by atoms with van der Waals surface area (Å²) in [6.07, 6.45) is 0.798. The van der Waals surface area contributed by atoms with Crippen LogP contribution in [0.4, 0.5) is 0 Å². The molecule has 0 fully saturated rings. The minimum Gasteiger partial charge on any atom is -0.498 e. The molecule has 2 N–H and O–H groups in total. The second kappa shape index (κ2) is 5.20. The fraction of sp³-hybridized carbons (Fsp3) is 0.538. The molecule has 0 unspecified atom stereocenters. The molecule has 0 atom stereocenters. The van der Waals surface area contributed by atoms with Gasteiger partial charge in [0.2, 0.25) is 0 Å². The Labute approximate surface area is 109 Å². The molecule has 0 saturated carbocycles. The van der Waals surface area contributed by atoms with Gasteiger partial charge < -0.3 is 19.7 Å². The first-order chi connectivity index (χ1) is 8.50. The third-order valence-electron chi connectivity index (χ3n) is 2.86. The van der Waals surface area contributed by atoms with E-state index in [0.717, 1.165) is 17.9 Å². The Kier molecular flexibility index (Phi) is 3.83. The van der Waals surface area contributed by atoms with Crippen LogP contribution in [0.25, 0.3) is 0 Å². The van der Waals surface area contributed by atoms with Crippen LogP contribution in [0.15, 0.2) is 18.2 Å². The lowest BCUT2D eigenvalue weighted by atomic mass is 9.87. The highest BCUT2D eigenvalue weighted by Gasteiger charge is 2.35. The van der Waals surface area contributed by atoms with Crippen molar-refractivity contribution in [3.63, 3.8) is 0 Å². The van der Waals surface area contributed by atoms with Crippen molar-refractivity contribution in [2.45, 2.75) is 32.6 Å². The third-order valence-corrected chi connectivity index (χ3v) is 2.86. The Hall–Kier alpha value is -1.20. The molecule has 18 heavy (non-hydrogen) atoms. The Bertz CT molecular complexity index is 417. The summed E-state index contributed by atoms with van der Waals surface area (Å²) in [5, 5.41) is 0. The van der Waals surface area contributed by atoms with Gasteiger partial charge in [0.1, 0.15) is 11.5 Å². The molecule has 4 nitrogen and oxygen atoms in total. The van der Waals surface area contributed by atoms with Crippen molar-refractivity contribution < 1.29 is 14.0 Å². The molecule has 0 aromatic heterocycles. The normalized spacial score (nSPS) is 14.1. The second-order valence-corrected chi connectivity index (χ2v) is 5.45. The number of nitrogens with two attached hydrogens (primary N) is 1. The van der Waals surface area contributed by atoms with Crippen LogP contribution in [0.1, 0.15) is 32.8 Å². The van der Waals surface area contributed by atoms with Gasteiger partial charge in [-0.15, -0.1) is 0 Å². The van der Waals surface area contributed by atoms with E-state index < -0.39 is 7.32 Å². The average molecular weight is 249 g/mol. The molecule has 0 radical (unpaired) electrons. The van der Waals surface area contributed by atoms with Crippen LogP contribution in [0.3, 0.4) is 0 Å². The predicted octanol–water partition coefficient (Wildman–Crippen LogP) is 2.11. The molecule has 1 aromatic rings. The summed E-state index contributed by atoms with van der Waals surface area (Å²) in [7, 11) is -0.637. The van der Waals surface area contributed by atoms with Crippen LogP contribution >= 0.6 is 0 Å². The van der Waals surface area contributed by atoms with Gasteiger partial charge in [-0.2, -0.15) is 0 Å². The zero-order valence-corrected chi connectivity index (χ0v) is 11.2. The first kappa shape index (κ1) is 13.2. The summed E-state index contributed by atoms with van der Waals surface area (Å²) < 4.78 is 16.6. The van der Waals surface area contributed by atoms with Gasteiger partial charge in [-0.25, -0.2) is 0 Å². The molecule has 0 spiro atoms. The van der Waals surface area contributed by atoms with Gasteiger partial charge in [-0.3, -0.25) is 0 Å². The number of hydrogen-bond acceptors (Lipinski definition) is 4. The van der Waals surface area contributed by atoms with E-state index in [-0.39, 0.29) is 5.41 Å². The van der Waals surface area contributed by atoms with Crippen molar-refractivity contribution in [3.05, 3.63) is 23.8 Å². The summed E-state index contributed by atoms with van der Waals surface area (Å²) in [4.78, 5) is 0. The van der Waals surface area contributed by atoms with E-state index in [0.29, 0.717) is 13.2 Å². The van der Waals surface area contributed by atoms with Gasteiger partial charge in [0.25, 0.3) is 0 Å². The minimum absolute atomic E-state index is 0.0941. The summed E-state index contributed by atoms with van der Waals surface area (Å²) >= 11 is 0. The van der Waals surface area contributed by atoms with Gasteiger partial charge in [0, 0.05) is 6.61 Å². The van der Waals surface area contributed by atoms with Gasteiger partial charge in [-0.05, 0) is 36.1 Å². The maximum absolute atomic E-state index is 5.60. The molecule has 0 aliphatic carbocycles. The van der Waals surface area contributed by atoms with Crippen molar-refractivity contribution in [3.8, 4) is 11.5 Å². The molecule has 1 aliphatic heterocycles. The number of benzene rings is 1. The number of hydrogen-bond donors (Lipinski definition) is 1. The zero-order valence-electron chi connectivity index (χ0n) is 11.2. The van der Waals surface area contributed by atoms with Gasteiger partial charge >= 0.3 is 7.32 Å². The van der Waals surface area contributed by atoms with E-state index in [1.165, 1.54) is 5.56 Å². The molecule has 5 heteroatoms. The molecule has 98 valence electrons. The lowest BCUT2D eigenvalue weighted by Gasteiger charge is -2.19. The zero-order chi connectivity index (χ0) is 13.2. The highest BCUT2D eigenvalue weighted by Crippen LogP contribution is 2.37. The summed E-state index contributed by atoms with van der Waals surface area (Å²) in [5.41, 5.74) is 6.71. The molecular formula is C13H20BNO3. The quantitative estimate of drug-likeness (QED) is 0.655. The standard InChI is InChI=1S/C13H20BNO3/c1-13(2,3)10-5-6-11-12(9-10)18-14(17-11)16-8-4-7-15/h5-6,9H,4,7-8,15H2,1-3H3. The Balaban J connectivity index is 2.02. The number of rotatable bonds is 4. The average Bonchev–Trinajstić information content (AvgIpc) is 2.69. The summed E-state index contributed by atoms with van der Waals surface area (Å²) in [6.45, 7) is 7.65. The molecule has 1 heterocycles. The van der Waals surface area contributed by atoms with Crippen molar-refractivity contribution >= 4 is 7.32 Å². The Morgan fingerprint density at radius 3 is 2.61 bits per heavy atom. The van der Waals surface area contributed by atoms with Crippen LogP contribution in [-0.2, 0) is 10.1 Å². The first-order valence-corrected chi connectivity index (χ1v) is 6.30. The van der Waals surface area contributed by atoms with Gasteiger partial charge in [0.15, 0.2) is 0 Å². The van der Waals surface area contributed by atoms with Crippen LogP contribution in [0.5, 0.6) is 11.5 Å². The van der Waals surface area contributed by atoms with Crippen LogP contribution in [0, 0.1) is 0 Å². The van der Waals surface area contributed by atoms with E-state index in [1.54, 1.807) is 0 Å². The van der Waals surface area contributed by atoms with Crippen LogP contribution < -0.4 is 15.0 Å². The van der Waals surface area contributed by atoms with Crippen LogP contribution in [-0.4, -0.2) is 20.5 Å². The second-order valence-electron chi connectivity index (χ2n) is 5.45. The Morgan fingerprint density at radius 1 is 1.22 bits per heavy atom. The molecule has 0 saturated heterocycles. The first-order valence-electron chi connectivity index (χ1n) is 6.30. The third kappa shape index (κ3) is 2.97. The van der Waals surface area contributed by atoms with Crippen molar-refractivity contribution in [2.75, 3.05) is 13.2 Å². The van der Waals surface area contributed by atoms with E-state index in [1.807, 2.05) is 12.1 Å². The highest BCUT2D eigenvalue weighted by molar-refractivity contribution is 6.40. The van der Waals surface area contributed by atoms with Crippen LogP contribution in [0.2, 0.25) is 0 Å². The summed E-state index contributed by atoms with van der Waals surface area (Å²) in [6, 6.07) is 6.01. The SMILES string of the molecule is CC(C)(C)c1ccc2c(c1)OB(OCCCN)O2. The van der Waals surface area contributed by atoms with E-state index in [4.69, 9.17) is 19.7 Å². The smallest absolute Gasteiger partial charge is 0.498 e. The minimum atomic E-state index is -0.637. The maximum atomic E-state index is 5.60. The summed E-state index contributed by atoms with van der Waals surface area (Å²) in [5.74, 6) is 1.49. The fourth-order valence-corrected chi connectivity index (χ4v) is 1.73. The van der Waals surface area contributed by atoms with E-state index >= 15 is 0 Å². The van der Waals surface area contributed by atoms with Crippen molar-refractivity contribution in [1.29, 1.82) is 0 Å². The van der Waals surface area contributed by atoms with E-state index in [9.17, 15) is 0 Å². The number of fused-ring (bicyclic) bond motifs is 1. The predicted molar refractivity (Wildman–Crippen MR) is 71.8 cm³/mol. The topological polar surface area (TPSA) is 53.7 Å². The monoisotopic (exact) mass is 249 g/mol. The lowest BCUT2D eigenvalue weighted by Crippen LogP contribution is -2.29. The largest absolute Gasteiger partial charge is 0.788 e. The molecule has 1 aliphatic rings. The molecule has 0 bridgehead atoms. The van der Waals surface area contributed by atoms with E-state index in [2.05, 4.69) is 26.8 Å².